The standard InChI is InChI=1S/C15H10FNO4/c16-11-6-9(1-2-12(11)19)17-4-3-8-5-10(18)7-13(20)14(8)15(17)21/h1-7,18-20H. The van der Waals surface area contributed by atoms with E-state index >= 15 is 0 Å². The van der Waals surface area contributed by atoms with E-state index in [1.54, 1.807) is 0 Å². The zero-order valence-corrected chi connectivity index (χ0v) is 10.6. The summed E-state index contributed by atoms with van der Waals surface area (Å²) in [4.78, 5) is 12.4. The lowest BCUT2D eigenvalue weighted by Gasteiger charge is -2.09. The fourth-order valence-electron chi connectivity index (χ4n) is 2.19. The molecule has 0 bridgehead atoms. The first-order valence-electron chi connectivity index (χ1n) is 6.03. The Morgan fingerprint density at radius 1 is 0.952 bits per heavy atom. The van der Waals surface area contributed by atoms with Gasteiger partial charge in [-0.3, -0.25) is 9.36 Å². The number of phenols is 3. The molecule has 0 unspecified atom stereocenters. The third kappa shape index (κ3) is 2.06. The molecule has 1 aromatic heterocycles. The van der Waals surface area contributed by atoms with Gasteiger partial charge < -0.3 is 15.3 Å². The maximum Gasteiger partial charge on any atom is 0.266 e. The summed E-state index contributed by atoms with van der Waals surface area (Å²) in [6, 6.07) is 7.45. The number of hydrogen-bond donors (Lipinski definition) is 3. The number of halogens is 1. The van der Waals surface area contributed by atoms with Gasteiger partial charge in [0, 0.05) is 18.3 Å². The van der Waals surface area contributed by atoms with Crippen molar-refractivity contribution in [1.82, 2.24) is 4.57 Å². The summed E-state index contributed by atoms with van der Waals surface area (Å²) in [7, 11) is 0. The van der Waals surface area contributed by atoms with Crippen LogP contribution in [0.5, 0.6) is 17.2 Å². The molecular weight excluding hydrogens is 277 g/mol. The molecule has 3 aromatic rings. The minimum absolute atomic E-state index is 0.0174. The van der Waals surface area contributed by atoms with Gasteiger partial charge in [-0.25, -0.2) is 4.39 Å². The second-order valence-corrected chi connectivity index (χ2v) is 4.56. The SMILES string of the molecule is O=c1c2c(O)cc(O)cc2ccn1-c1ccc(O)c(F)c1. The van der Waals surface area contributed by atoms with Crippen LogP contribution in [0.25, 0.3) is 16.5 Å². The summed E-state index contributed by atoms with van der Waals surface area (Å²) in [5.41, 5.74) is -0.347. The summed E-state index contributed by atoms with van der Waals surface area (Å²) < 4.78 is 14.5. The molecule has 0 spiro atoms. The van der Waals surface area contributed by atoms with Gasteiger partial charge in [-0.2, -0.15) is 0 Å². The monoisotopic (exact) mass is 287 g/mol. The zero-order valence-electron chi connectivity index (χ0n) is 10.6. The zero-order chi connectivity index (χ0) is 15.1. The van der Waals surface area contributed by atoms with E-state index in [4.69, 9.17) is 0 Å². The molecule has 2 aromatic carbocycles. The van der Waals surface area contributed by atoms with Gasteiger partial charge in [0.25, 0.3) is 5.56 Å². The molecule has 106 valence electrons. The lowest BCUT2D eigenvalue weighted by atomic mass is 10.1. The van der Waals surface area contributed by atoms with Crippen molar-refractivity contribution in [2.24, 2.45) is 0 Å². The van der Waals surface area contributed by atoms with E-state index in [0.717, 1.165) is 22.8 Å². The molecule has 0 aliphatic heterocycles. The molecule has 0 saturated carbocycles. The number of aromatic nitrogens is 1. The highest BCUT2D eigenvalue weighted by Crippen LogP contribution is 2.27. The van der Waals surface area contributed by atoms with Crippen molar-refractivity contribution in [1.29, 1.82) is 0 Å². The van der Waals surface area contributed by atoms with Crippen molar-refractivity contribution in [2.75, 3.05) is 0 Å². The molecule has 0 radical (unpaired) electrons. The van der Waals surface area contributed by atoms with Crippen LogP contribution >= 0.6 is 0 Å². The van der Waals surface area contributed by atoms with Gasteiger partial charge in [-0.15, -0.1) is 0 Å². The molecule has 21 heavy (non-hydrogen) atoms. The van der Waals surface area contributed by atoms with E-state index in [-0.39, 0.29) is 22.6 Å². The first kappa shape index (κ1) is 13.0. The van der Waals surface area contributed by atoms with Crippen LogP contribution in [0.1, 0.15) is 0 Å². The molecule has 0 fully saturated rings. The quantitative estimate of drug-likeness (QED) is 0.641. The second kappa shape index (κ2) is 4.52. The van der Waals surface area contributed by atoms with Gasteiger partial charge in [-0.1, -0.05) is 0 Å². The van der Waals surface area contributed by atoms with Gasteiger partial charge >= 0.3 is 0 Å². The number of aromatic hydroxyl groups is 3. The van der Waals surface area contributed by atoms with Crippen LogP contribution in [-0.4, -0.2) is 19.9 Å². The Morgan fingerprint density at radius 3 is 2.43 bits per heavy atom. The average molecular weight is 287 g/mol. The van der Waals surface area contributed by atoms with Crippen LogP contribution < -0.4 is 5.56 Å². The van der Waals surface area contributed by atoms with Crippen molar-refractivity contribution in [3.63, 3.8) is 0 Å². The highest BCUT2D eigenvalue weighted by atomic mass is 19.1. The van der Waals surface area contributed by atoms with Gasteiger partial charge in [0.2, 0.25) is 0 Å². The summed E-state index contributed by atoms with van der Waals surface area (Å²) in [5, 5.41) is 28.8. The van der Waals surface area contributed by atoms with Crippen molar-refractivity contribution >= 4 is 10.8 Å². The van der Waals surface area contributed by atoms with E-state index in [9.17, 15) is 24.5 Å². The minimum Gasteiger partial charge on any atom is -0.508 e. The highest BCUT2D eigenvalue weighted by molar-refractivity contribution is 5.88. The van der Waals surface area contributed by atoms with Crippen LogP contribution in [0.15, 0.2) is 47.4 Å². The molecule has 1 heterocycles. The first-order valence-corrected chi connectivity index (χ1v) is 6.03. The molecule has 0 amide bonds. The Balaban J connectivity index is 2.32. The highest BCUT2D eigenvalue weighted by Gasteiger charge is 2.11. The largest absolute Gasteiger partial charge is 0.508 e. The Labute approximate surface area is 117 Å². The molecule has 3 N–H and O–H groups in total. The molecular formula is C15H10FNO4. The Hall–Kier alpha value is -3.02. The first-order chi connectivity index (χ1) is 9.97. The van der Waals surface area contributed by atoms with Crippen molar-refractivity contribution < 1.29 is 19.7 Å². The number of hydrogen-bond acceptors (Lipinski definition) is 4. The predicted octanol–water partition coefficient (Wildman–Crippen LogP) is 2.25. The Bertz CT molecular complexity index is 917. The lowest BCUT2D eigenvalue weighted by molar-refractivity contribution is 0.432. The topological polar surface area (TPSA) is 82.7 Å². The average Bonchev–Trinajstić information content (AvgIpc) is 2.41. The number of benzene rings is 2. The maximum absolute atomic E-state index is 13.4. The molecule has 6 heteroatoms. The van der Waals surface area contributed by atoms with Crippen LogP contribution in [0.4, 0.5) is 4.39 Å². The molecule has 0 atom stereocenters. The number of nitrogens with zero attached hydrogens (tertiary/aromatic N) is 1. The van der Waals surface area contributed by atoms with Gasteiger partial charge in [0.1, 0.15) is 11.5 Å². The number of phenolic OH excluding ortho intramolecular Hbond substituents is 3. The summed E-state index contributed by atoms with van der Waals surface area (Å²) in [5.74, 6) is -1.88. The Morgan fingerprint density at radius 2 is 1.71 bits per heavy atom. The van der Waals surface area contributed by atoms with E-state index in [2.05, 4.69) is 0 Å². The lowest BCUT2D eigenvalue weighted by Crippen LogP contribution is -2.17. The summed E-state index contributed by atoms with van der Waals surface area (Å²) in [6.07, 6.45) is 1.40. The minimum atomic E-state index is -0.852. The molecule has 0 aliphatic carbocycles. The van der Waals surface area contributed by atoms with Crippen molar-refractivity contribution in [3.05, 3.63) is 58.8 Å². The second-order valence-electron chi connectivity index (χ2n) is 4.56. The van der Waals surface area contributed by atoms with Gasteiger partial charge in [-0.05, 0) is 29.7 Å². The fraction of sp³-hybridized carbons (Fsp3) is 0. The number of rotatable bonds is 1. The van der Waals surface area contributed by atoms with Crippen LogP contribution in [0.3, 0.4) is 0 Å². The van der Waals surface area contributed by atoms with Crippen LogP contribution in [0, 0.1) is 5.82 Å². The third-order valence-corrected chi connectivity index (χ3v) is 3.18. The molecule has 5 nitrogen and oxygen atoms in total. The van der Waals surface area contributed by atoms with Crippen molar-refractivity contribution in [2.45, 2.75) is 0 Å². The smallest absolute Gasteiger partial charge is 0.266 e. The predicted molar refractivity (Wildman–Crippen MR) is 74.5 cm³/mol. The molecule has 0 saturated heterocycles. The summed E-state index contributed by atoms with van der Waals surface area (Å²) >= 11 is 0. The van der Waals surface area contributed by atoms with E-state index in [1.165, 1.54) is 24.4 Å². The van der Waals surface area contributed by atoms with Gasteiger partial charge in [0.15, 0.2) is 11.6 Å². The number of fused-ring (bicyclic) bond motifs is 1. The molecule has 0 aliphatic rings. The van der Waals surface area contributed by atoms with Gasteiger partial charge in [0.05, 0.1) is 11.1 Å². The molecule has 3 rings (SSSR count). The van der Waals surface area contributed by atoms with E-state index < -0.39 is 17.1 Å². The van der Waals surface area contributed by atoms with E-state index in [1.807, 2.05) is 0 Å². The fourth-order valence-corrected chi connectivity index (χ4v) is 2.19. The number of pyridine rings is 1. The maximum atomic E-state index is 13.4. The third-order valence-electron chi connectivity index (χ3n) is 3.18. The summed E-state index contributed by atoms with van der Waals surface area (Å²) in [6.45, 7) is 0. The van der Waals surface area contributed by atoms with Crippen LogP contribution in [0.2, 0.25) is 0 Å². The Kier molecular flexibility index (Phi) is 2.79. The van der Waals surface area contributed by atoms with Crippen molar-refractivity contribution in [3.8, 4) is 22.9 Å². The van der Waals surface area contributed by atoms with Crippen LogP contribution in [-0.2, 0) is 0 Å². The van der Waals surface area contributed by atoms with E-state index in [0.29, 0.717) is 5.39 Å². The normalized spacial score (nSPS) is 10.9.